The molecule has 0 aromatic heterocycles. The van der Waals surface area contributed by atoms with Crippen LogP contribution < -0.4 is 0 Å². The van der Waals surface area contributed by atoms with Crippen LogP contribution in [-0.2, 0) is 6.18 Å². The zero-order chi connectivity index (χ0) is 18.6. The van der Waals surface area contributed by atoms with Crippen molar-refractivity contribution in [2.45, 2.75) is 52.3 Å². The van der Waals surface area contributed by atoms with Gasteiger partial charge in [0.2, 0.25) is 0 Å². The second-order valence-electron chi connectivity index (χ2n) is 6.71. The normalized spacial score (nSPS) is 20.1. The van der Waals surface area contributed by atoms with Crippen molar-refractivity contribution < 1.29 is 13.2 Å². The molecular weight excluding hydrogens is 369 g/mol. The summed E-state index contributed by atoms with van der Waals surface area (Å²) in [5.41, 5.74) is -0.541. The molecule has 1 aromatic rings. The molecule has 7 heteroatoms. The number of rotatable bonds is 6. The van der Waals surface area contributed by atoms with Crippen molar-refractivity contribution >= 4 is 34.2 Å². The Kier molecular flexibility index (Phi) is 7.09. The van der Waals surface area contributed by atoms with Gasteiger partial charge in [0.15, 0.2) is 5.17 Å². The second kappa shape index (κ2) is 8.67. The summed E-state index contributed by atoms with van der Waals surface area (Å²) in [6.07, 6.45) is -1.11. The number of thioether (sulfide) groups is 1. The number of hydrogen-bond acceptors (Lipinski definition) is 2. The van der Waals surface area contributed by atoms with E-state index in [1.165, 1.54) is 12.1 Å². The Morgan fingerprint density at radius 3 is 2.68 bits per heavy atom. The fraction of sp³-hybridized carbons (Fsp3) is 0.611. The van der Waals surface area contributed by atoms with E-state index >= 15 is 0 Å². The molecule has 1 aliphatic rings. The number of halogens is 4. The predicted molar refractivity (Wildman–Crippen MR) is 101 cm³/mol. The summed E-state index contributed by atoms with van der Waals surface area (Å²) in [6.45, 7) is 7.30. The Hall–Kier alpha value is -0.880. The summed E-state index contributed by atoms with van der Waals surface area (Å²) in [7, 11) is 0. The predicted octanol–water partition coefficient (Wildman–Crippen LogP) is 6.61. The van der Waals surface area contributed by atoms with E-state index in [0.29, 0.717) is 17.6 Å². The molecule has 1 saturated heterocycles. The Morgan fingerprint density at radius 2 is 2.08 bits per heavy atom. The van der Waals surface area contributed by atoms with Crippen molar-refractivity contribution in [3.8, 4) is 0 Å². The van der Waals surface area contributed by atoms with E-state index < -0.39 is 11.7 Å². The maximum absolute atomic E-state index is 13.0. The van der Waals surface area contributed by atoms with Gasteiger partial charge in [-0.05, 0) is 30.5 Å². The average Bonchev–Trinajstić information content (AvgIpc) is 2.87. The highest BCUT2D eigenvalue weighted by molar-refractivity contribution is 8.14. The molecule has 0 bridgehead atoms. The van der Waals surface area contributed by atoms with E-state index in [2.05, 4.69) is 30.7 Å². The largest absolute Gasteiger partial charge is 0.417 e. The van der Waals surface area contributed by atoms with Crippen LogP contribution >= 0.6 is 23.4 Å². The topological polar surface area (TPSA) is 15.6 Å². The van der Waals surface area contributed by atoms with Crippen molar-refractivity contribution in [3.05, 3.63) is 28.8 Å². The molecule has 1 atom stereocenters. The highest BCUT2D eigenvalue weighted by Crippen LogP contribution is 2.38. The summed E-state index contributed by atoms with van der Waals surface area (Å²) >= 11 is 7.32. The van der Waals surface area contributed by atoms with Crippen molar-refractivity contribution in [3.63, 3.8) is 0 Å². The number of unbranched alkanes of at least 4 members (excludes halogenated alkanes) is 1. The number of benzene rings is 1. The van der Waals surface area contributed by atoms with E-state index in [4.69, 9.17) is 11.6 Å². The minimum absolute atomic E-state index is 0.295. The summed E-state index contributed by atoms with van der Waals surface area (Å²) in [6, 6.07) is 4.24. The van der Waals surface area contributed by atoms with Crippen molar-refractivity contribution in [1.82, 2.24) is 4.90 Å². The lowest BCUT2D eigenvalue weighted by molar-refractivity contribution is -0.137. The van der Waals surface area contributed by atoms with E-state index in [-0.39, 0.29) is 5.02 Å². The maximum atomic E-state index is 13.0. The Bertz CT molecular complexity index is 617. The Balaban J connectivity index is 2.29. The molecule has 1 aromatic carbocycles. The standard InChI is InChI=1S/C18H24ClF3N2S/c1-4-5-6-14-11-25-17(24(14)10-12(2)3)23-13-7-8-16(19)15(9-13)18(20,21)22/h7-9,12,14H,4-6,10-11H2,1-3H3/t14-/m0/s1. The van der Waals surface area contributed by atoms with Crippen LogP contribution in [0.2, 0.25) is 5.02 Å². The lowest BCUT2D eigenvalue weighted by Crippen LogP contribution is -2.36. The molecule has 0 radical (unpaired) electrons. The van der Waals surface area contributed by atoms with E-state index in [1.54, 1.807) is 11.8 Å². The molecule has 0 unspecified atom stereocenters. The summed E-state index contributed by atoms with van der Waals surface area (Å²) in [5.74, 6) is 1.40. The molecular formula is C18H24ClF3N2S. The number of hydrogen-bond donors (Lipinski definition) is 0. The smallest absolute Gasteiger partial charge is 0.347 e. The quantitative estimate of drug-likeness (QED) is 0.541. The molecule has 140 valence electrons. The molecule has 1 heterocycles. The fourth-order valence-corrected chi connectivity index (χ4v) is 4.28. The van der Waals surface area contributed by atoms with E-state index in [0.717, 1.165) is 42.8 Å². The van der Waals surface area contributed by atoms with E-state index in [9.17, 15) is 13.2 Å². The molecule has 25 heavy (non-hydrogen) atoms. The van der Waals surface area contributed by atoms with Gasteiger partial charge < -0.3 is 4.90 Å². The number of nitrogens with zero attached hydrogens (tertiary/aromatic N) is 2. The van der Waals surface area contributed by atoms with Gasteiger partial charge in [-0.15, -0.1) is 0 Å². The van der Waals surface area contributed by atoms with Gasteiger partial charge >= 0.3 is 6.18 Å². The first kappa shape index (κ1) is 20.4. The van der Waals surface area contributed by atoms with Crippen molar-refractivity contribution in [2.24, 2.45) is 10.9 Å². The minimum Gasteiger partial charge on any atom is -0.347 e. The van der Waals surface area contributed by atoms with Gasteiger partial charge in [0.25, 0.3) is 0 Å². The number of amidine groups is 1. The molecule has 1 aliphatic heterocycles. The van der Waals surface area contributed by atoms with Crippen LogP contribution in [0.3, 0.4) is 0 Å². The highest BCUT2D eigenvalue weighted by Gasteiger charge is 2.34. The molecule has 0 N–H and O–H groups in total. The maximum Gasteiger partial charge on any atom is 0.417 e. The first-order chi connectivity index (χ1) is 11.7. The summed E-state index contributed by atoms with van der Waals surface area (Å²) < 4.78 is 39.1. The molecule has 0 amide bonds. The molecule has 2 rings (SSSR count). The Morgan fingerprint density at radius 1 is 1.36 bits per heavy atom. The van der Waals surface area contributed by atoms with Gasteiger partial charge in [0, 0.05) is 18.3 Å². The highest BCUT2D eigenvalue weighted by atomic mass is 35.5. The molecule has 0 aliphatic carbocycles. The van der Waals surface area contributed by atoms with Gasteiger partial charge in [0.05, 0.1) is 16.3 Å². The van der Waals surface area contributed by atoms with Gasteiger partial charge in [-0.1, -0.05) is 57.0 Å². The summed E-state index contributed by atoms with van der Waals surface area (Å²) in [4.78, 5) is 6.77. The SMILES string of the molecule is CCCC[C@H]1CSC(=Nc2ccc(Cl)c(C(F)(F)F)c2)N1CC(C)C. The van der Waals surface area contributed by atoms with Gasteiger partial charge in [-0.25, -0.2) is 4.99 Å². The molecule has 0 spiro atoms. The zero-order valence-corrected chi connectivity index (χ0v) is 16.3. The molecule has 0 saturated carbocycles. The Labute approximate surface area is 156 Å². The van der Waals surface area contributed by atoms with Crippen LogP contribution in [0.15, 0.2) is 23.2 Å². The fourth-order valence-electron chi connectivity index (χ4n) is 2.81. The first-order valence-electron chi connectivity index (χ1n) is 8.57. The lowest BCUT2D eigenvalue weighted by atomic mass is 10.1. The van der Waals surface area contributed by atoms with Crippen LogP contribution in [0.5, 0.6) is 0 Å². The zero-order valence-electron chi connectivity index (χ0n) is 14.7. The number of aliphatic imine (C=N–C) groups is 1. The van der Waals surface area contributed by atoms with Crippen molar-refractivity contribution in [2.75, 3.05) is 12.3 Å². The van der Waals surface area contributed by atoms with Gasteiger partial charge in [-0.2, -0.15) is 13.2 Å². The van der Waals surface area contributed by atoms with Crippen molar-refractivity contribution in [1.29, 1.82) is 0 Å². The number of alkyl halides is 3. The van der Waals surface area contributed by atoms with Gasteiger partial charge in [-0.3, -0.25) is 0 Å². The third kappa shape index (κ3) is 5.55. The third-order valence-corrected chi connectivity index (χ3v) is 5.49. The third-order valence-electron chi connectivity index (χ3n) is 4.02. The van der Waals surface area contributed by atoms with Crippen LogP contribution in [0.4, 0.5) is 18.9 Å². The first-order valence-corrected chi connectivity index (χ1v) is 9.93. The van der Waals surface area contributed by atoms with Crippen LogP contribution in [0.1, 0.15) is 45.6 Å². The minimum atomic E-state index is -4.47. The monoisotopic (exact) mass is 392 g/mol. The molecule has 1 fully saturated rings. The molecule has 2 nitrogen and oxygen atoms in total. The van der Waals surface area contributed by atoms with Crippen LogP contribution in [0.25, 0.3) is 0 Å². The summed E-state index contributed by atoms with van der Waals surface area (Å²) in [5, 5.41) is 0.514. The lowest BCUT2D eigenvalue weighted by Gasteiger charge is -2.27. The average molecular weight is 393 g/mol. The second-order valence-corrected chi connectivity index (χ2v) is 8.10. The van der Waals surface area contributed by atoms with Gasteiger partial charge in [0.1, 0.15) is 0 Å². The van der Waals surface area contributed by atoms with Crippen LogP contribution in [-0.4, -0.2) is 28.4 Å². The van der Waals surface area contributed by atoms with Crippen LogP contribution in [0, 0.1) is 5.92 Å². The van der Waals surface area contributed by atoms with E-state index in [1.807, 2.05) is 0 Å².